The Balaban J connectivity index is 1.58. The van der Waals surface area contributed by atoms with Crippen molar-refractivity contribution in [3.05, 3.63) is 79.0 Å². The number of nitrogens with zero attached hydrogens (tertiary/aromatic N) is 3. The number of aromatic nitrogens is 3. The third kappa shape index (κ3) is 4.85. The molecular formula is C27H29ClN4O3S. The van der Waals surface area contributed by atoms with Gasteiger partial charge >= 0.3 is 5.69 Å². The van der Waals surface area contributed by atoms with E-state index in [1.54, 1.807) is 17.0 Å². The summed E-state index contributed by atoms with van der Waals surface area (Å²) in [5.74, 6) is 0.828. The predicted octanol–water partition coefficient (Wildman–Crippen LogP) is 5.01. The Morgan fingerprint density at radius 2 is 2.06 bits per heavy atom. The van der Waals surface area contributed by atoms with Gasteiger partial charge in [-0.15, -0.1) is 11.3 Å². The number of halogens is 1. The Kier molecular flexibility index (Phi) is 7.01. The van der Waals surface area contributed by atoms with Gasteiger partial charge < -0.3 is 10.1 Å². The van der Waals surface area contributed by atoms with Crippen molar-refractivity contribution in [3.8, 4) is 16.9 Å². The minimum atomic E-state index is -0.315. The van der Waals surface area contributed by atoms with Gasteiger partial charge in [0.25, 0.3) is 5.56 Å². The molecule has 9 heteroatoms. The first-order chi connectivity index (χ1) is 17.3. The molecule has 1 saturated heterocycles. The molecule has 1 fully saturated rings. The normalized spacial score (nSPS) is 16.1. The van der Waals surface area contributed by atoms with Gasteiger partial charge in [0.1, 0.15) is 11.9 Å². The van der Waals surface area contributed by atoms with Gasteiger partial charge in [-0.2, -0.15) is 0 Å². The maximum Gasteiger partial charge on any atom is 0.331 e. The molecule has 0 saturated carbocycles. The number of benzene rings is 1. The second-order valence-corrected chi connectivity index (χ2v) is 11.1. The van der Waals surface area contributed by atoms with Crippen LogP contribution in [0.25, 0.3) is 21.3 Å². The molecule has 5 rings (SSSR count). The highest BCUT2D eigenvalue weighted by Gasteiger charge is 2.21. The highest BCUT2D eigenvalue weighted by Crippen LogP contribution is 2.42. The van der Waals surface area contributed by atoms with E-state index in [1.807, 2.05) is 45.0 Å². The molecule has 0 bridgehead atoms. The monoisotopic (exact) mass is 524 g/mol. The van der Waals surface area contributed by atoms with Crippen LogP contribution >= 0.6 is 22.9 Å². The summed E-state index contributed by atoms with van der Waals surface area (Å²) in [5.41, 5.74) is 3.06. The topological polar surface area (TPSA) is 78.2 Å². The first-order valence-corrected chi connectivity index (χ1v) is 13.4. The summed E-state index contributed by atoms with van der Waals surface area (Å²) in [6.07, 6.45) is 5.51. The lowest BCUT2D eigenvalue weighted by atomic mass is 10.0. The molecule has 0 aliphatic carbocycles. The molecule has 3 aromatic heterocycles. The quantitative estimate of drug-likeness (QED) is 0.383. The largest absolute Gasteiger partial charge is 0.488 e. The zero-order valence-electron chi connectivity index (χ0n) is 20.6. The van der Waals surface area contributed by atoms with Crippen molar-refractivity contribution in [1.82, 2.24) is 19.4 Å². The lowest BCUT2D eigenvalue weighted by Crippen LogP contribution is -2.39. The van der Waals surface area contributed by atoms with E-state index in [0.717, 1.165) is 63.5 Å². The Labute approximate surface area is 218 Å². The molecule has 0 unspecified atom stereocenters. The zero-order chi connectivity index (χ0) is 25.4. The van der Waals surface area contributed by atoms with E-state index < -0.39 is 0 Å². The molecular weight excluding hydrogens is 496 g/mol. The number of nitrogens with one attached hydrogen (secondary N) is 1. The van der Waals surface area contributed by atoms with Crippen molar-refractivity contribution in [3.63, 3.8) is 0 Å². The predicted molar refractivity (Wildman–Crippen MR) is 146 cm³/mol. The average Bonchev–Trinajstić information content (AvgIpc) is 3.26. The van der Waals surface area contributed by atoms with E-state index in [-0.39, 0.29) is 29.9 Å². The Hall–Kier alpha value is -2.94. The minimum Gasteiger partial charge on any atom is -0.488 e. The SMILES string of the molecule is Cc1cc(Cl)cc(-c2ccnc3cc(Cn4c(=O)ccn(C(C)C)c4=O)sc23)c1O[C@H]1CCCNC1. The number of thiophene rings is 1. The summed E-state index contributed by atoms with van der Waals surface area (Å²) in [7, 11) is 0. The Morgan fingerprint density at radius 3 is 2.81 bits per heavy atom. The number of pyridine rings is 1. The van der Waals surface area contributed by atoms with E-state index >= 15 is 0 Å². The number of hydrogen-bond acceptors (Lipinski definition) is 6. The van der Waals surface area contributed by atoms with E-state index in [2.05, 4.69) is 10.3 Å². The molecule has 0 spiro atoms. The molecule has 0 radical (unpaired) electrons. The number of rotatable bonds is 6. The standard InChI is InChI=1S/C27H29ClN4O3S/c1-16(2)31-10-7-24(33)32(27(31)34)15-20-13-23-26(36-20)21(6-9-30-23)22-12-18(28)11-17(3)25(22)35-19-5-4-8-29-14-19/h6-7,9-13,16,19,29H,4-5,8,14-15H2,1-3H3/t19-/m0/s1. The maximum absolute atomic E-state index is 12.9. The Morgan fingerprint density at radius 1 is 1.22 bits per heavy atom. The molecule has 188 valence electrons. The summed E-state index contributed by atoms with van der Waals surface area (Å²) in [6.45, 7) is 7.88. The molecule has 1 atom stereocenters. The van der Waals surface area contributed by atoms with Crippen LogP contribution in [0.2, 0.25) is 5.02 Å². The number of aryl methyl sites for hydroxylation is 1. The van der Waals surface area contributed by atoms with Gasteiger partial charge in [0.2, 0.25) is 0 Å². The van der Waals surface area contributed by atoms with E-state index in [0.29, 0.717) is 5.02 Å². The summed E-state index contributed by atoms with van der Waals surface area (Å²) in [5, 5.41) is 4.05. The molecule has 4 heterocycles. The van der Waals surface area contributed by atoms with Crippen LogP contribution in [-0.4, -0.2) is 33.3 Å². The third-order valence-corrected chi connectivity index (χ3v) is 7.86. The van der Waals surface area contributed by atoms with E-state index in [4.69, 9.17) is 16.3 Å². The van der Waals surface area contributed by atoms with Crippen LogP contribution in [-0.2, 0) is 6.54 Å². The van der Waals surface area contributed by atoms with Crippen molar-refractivity contribution in [2.45, 2.75) is 52.3 Å². The van der Waals surface area contributed by atoms with Crippen molar-refractivity contribution in [2.24, 2.45) is 0 Å². The van der Waals surface area contributed by atoms with E-state index in [1.165, 1.54) is 22.0 Å². The lowest BCUT2D eigenvalue weighted by Gasteiger charge is -2.26. The highest BCUT2D eigenvalue weighted by atomic mass is 35.5. The summed E-state index contributed by atoms with van der Waals surface area (Å²) < 4.78 is 10.3. The summed E-state index contributed by atoms with van der Waals surface area (Å²) in [6, 6.07) is 9.19. The minimum absolute atomic E-state index is 0.0381. The van der Waals surface area contributed by atoms with Gasteiger partial charge in [-0.1, -0.05) is 11.6 Å². The van der Waals surface area contributed by atoms with Crippen LogP contribution in [0.3, 0.4) is 0 Å². The second kappa shape index (κ2) is 10.2. The first-order valence-electron chi connectivity index (χ1n) is 12.2. The molecule has 7 nitrogen and oxygen atoms in total. The van der Waals surface area contributed by atoms with Crippen molar-refractivity contribution >= 4 is 33.2 Å². The van der Waals surface area contributed by atoms with Crippen LogP contribution in [0.5, 0.6) is 5.75 Å². The van der Waals surface area contributed by atoms with Crippen LogP contribution in [0.1, 0.15) is 43.2 Å². The average molecular weight is 525 g/mol. The summed E-state index contributed by atoms with van der Waals surface area (Å²) >= 11 is 8.03. The third-order valence-electron chi connectivity index (χ3n) is 6.49. The molecule has 1 aliphatic heterocycles. The lowest BCUT2D eigenvalue weighted by molar-refractivity contribution is 0.167. The fraction of sp³-hybridized carbons (Fsp3) is 0.370. The van der Waals surface area contributed by atoms with Gasteiger partial charge in [-0.3, -0.25) is 18.9 Å². The molecule has 1 aromatic carbocycles. The number of piperidine rings is 1. The molecule has 4 aromatic rings. The van der Waals surface area contributed by atoms with Crippen LogP contribution in [0, 0.1) is 6.92 Å². The van der Waals surface area contributed by atoms with Crippen molar-refractivity contribution < 1.29 is 4.74 Å². The Bertz CT molecular complexity index is 1530. The van der Waals surface area contributed by atoms with Gasteiger partial charge in [0, 0.05) is 52.1 Å². The number of hydrogen-bond donors (Lipinski definition) is 1. The van der Waals surface area contributed by atoms with Crippen molar-refractivity contribution in [1.29, 1.82) is 0 Å². The number of ether oxygens (including phenoxy) is 1. The smallest absolute Gasteiger partial charge is 0.331 e. The van der Waals surface area contributed by atoms with Gasteiger partial charge in [0.05, 0.1) is 16.8 Å². The number of fused-ring (bicyclic) bond motifs is 1. The van der Waals surface area contributed by atoms with Crippen LogP contribution in [0.15, 0.2) is 52.3 Å². The summed E-state index contributed by atoms with van der Waals surface area (Å²) in [4.78, 5) is 30.9. The second-order valence-electron chi connectivity index (χ2n) is 9.49. The van der Waals surface area contributed by atoms with Gasteiger partial charge in [-0.25, -0.2) is 4.79 Å². The fourth-order valence-electron chi connectivity index (χ4n) is 4.68. The molecule has 1 aliphatic rings. The molecule has 36 heavy (non-hydrogen) atoms. The highest BCUT2D eigenvalue weighted by molar-refractivity contribution is 7.19. The fourth-order valence-corrected chi connectivity index (χ4v) is 6.08. The zero-order valence-corrected chi connectivity index (χ0v) is 22.2. The van der Waals surface area contributed by atoms with Gasteiger partial charge in [-0.05, 0) is 70.0 Å². The van der Waals surface area contributed by atoms with Crippen LogP contribution in [0.4, 0.5) is 0 Å². The van der Waals surface area contributed by atoms with E-state index in [9.17, 15) is 9.59 Å². The van der Waals surface area contributed by atoms with Crippen molar-refractivity contribution in [2.75, 3.05) is 13.1 Å². The first kappa shape index (κ1) is 24.7. The van der Waals surface area contributed by atoms with Gasteiger partial charge in [0.15, 0.2) is 0 Å². The molecule has 0 amide bonds. The van der Waals surface area contributed by atoms with Crippen LogP contribution < -0.4 is 21.3 Å². The maximum atomic E-state index is 12.9. The molecule has 1 N–H and O–H groups in total.